The molecule has 2 saturated heterocycles. The number of carboxylic acids is 1. The highest BCUT2D eigenvalue weighted by molar-refractivity contribution is 5.76. The number of carboxylic acid groups (broad SMARTS) is 1. The topological polar surface area (TPSA) is 83.9 Å². The minimum atomic E-state index is -0.952. The van der Waals surface area contributed by atoms with E-state index in [2.05, 4.69) is 17.4 Å². The lowest BCUT2D eigenvalue weighted by Crippen LogP contribution is -2.35. The van der Waals surface area contributed by atoms with Crippen LogP contribution >= 0.6 is 0 Å². The van der Waals surface area contributed by atoms with Crippen LogP contribution in [0.5, 0.6) is 0 Å². The van der Waals surface area contributed by atoms with Crippen LogP contribution in [0.1, 0.15) is 85.9 Å². The molecule has 3 atom stereocenters. The van der Waals surface area contributed by atoms with Gasteiger partial charge in [0.25, 0.3) is 0 Å². The van der Waals surface area contributed by atoms with Crippen LogP contribution in [0.15, 0.2) is 30.3 Å². The van der Waals surface area contributed by atoms with Crippen LogP contribution in [-0.4, -0.2) is 59.9 Å². The number of aliphatic carboxylic acids is 1. The lowest BCUT2D eigenvalue weighted by Gasteiger charge is -2.33. The molecular weight excluding hydrogens is 497 g/mol. The zero-order valence-electron chi connectivity index (χ0n) is 22.7. The molecule has 3 aliphatic heterocycles. The number of hydrogen-bond acceptors (Lipinski definition) is 6. The minimum absolute atomic E-state index is 0.0180. The molecule has 7 nitrogen and oxygen atoms in total. The zero-order chi connectivity index (χ0) is 26.8. The van der Waals surface area contributed by atoms with E-state index >= 15 is 0 Å². The van der Waals surface area contributed by atoms with Crippen molar-refractivity contribution in [1.29, 1.82) is 0 Å². The Hall–Kier alpha value is -2.55. The van der Waals surface area contributed by atoms with Crippen LogP contribution in [0.25, 0.3) is 0 Å². The highest BCUT2D eigenvalue weighted by atomic mass is 19.1. The molecular formula is C31H40FN3O4. The van der Waals surface area contributed by atoms with E-state index in [4.69, 9.17) is 14.5 Å². The summed E-state index contributed by atoms with van der Waals surface area (Å²) in [5.74, 6) is -0.322. The van der Waals surface area contributed by atoms with Gasteiger partial charge in [-0.3, -0.25) is 9.69 Å². The zero-order valence-corrected chi connectivity index (χ0v) is 22.7. The fourth-order valence-electron chi connectivity index (χ4n) is 6.65. The van der Waals surface area contributed by atoms with Crippen LogP contribution in [-0.2, 0) is 27.1 Å². The Balaban J connectivity index is 1.03. The molecule has 8 heteroatoms. The van der Waals surface area contributed by atoms with Gasteiger partial charge in [-0.25, -0.2) is 9.37 Å². The summed E-state index contributed by atoms with van der Waals surface area (Å²) in [6.45, 7) is 3.45. The van der Waals surface area contributed by atoms with E-state index in [1.54, 1.807) is 6.07 Å². The van der Waals surface area contributed by atoms with E-state index < -0.39 is 17.8 Å². The van der Waals surface area contributed by atoms with E-state index in [1.807, 2.05) is 4.90 Å². The number of unbranched alkanes of at least 4 members (excludes halogenated alkanes) is 1. The summed E-state index contributed by atoms with van der Waals surface area (Å²) in [5.41, 5.74) is 4.11. The predicted molar refractivity (Wildman–Crippen MR) is 146 cm³/mol. The van der Waals surface area contributed by atoms with Crippen molar-refractivity contribution < 1.29 is 23.8 Å². The fourth-order valence-corrected chi connectivity index (χ4v) is 6.65. The fraction of sp³-hybridized carbons (Fsp3) is 0.613. The molecule has 1 spiro atoms. The van der Waals surface area contributed by atoms with Crippen molar-refractivity contribution in [3.8, 4) is 0 Å². The number of aromatic nitrogens is 1. The summed E-state index contributed by atoms with van der Waals surface area (Å²) >= 11 is 0. The number of nitrogens with zero attached hydrogens (tertiary/aromatic N) is 2. The van der Waals surface area contributed by atoms with Crippen molar-refractivity contribution in [2.75, 3.05) is 38.2 Å². The largest absolute Gasteiger partial charge is 0.480 e. The maximum absolute atomic E-state index is 14.4. The molecule has 39 heavy (non-hydrogen) atoms. The molecule has 2 aromatic rings. The first-order valence-electron chi connectivity index (χ1n) is 14.7. The number of aryl methyl sites for hydroxylation is 2. The van der Waals surface area contributed by atoms with Crippen LogP contribution in [0, 0.1) is 11.2 Å². The summed E-state index contributed by atoms with van der Waals surface area (Å²) in [4.78, 5) is 19.3. The van der Waals surface area contributed by atoms with Gasteiger partial charge in [0.2, 0.25) is 0 Å². The summed E-state index contributed by atoms with van der Waals surface area (Å²) < 4.78 is 26.7. The molecule has 210 valence electrons. The molecule has 0 bridgehead atoms. The van der Waals surface area contributed by atoms with Crippen molar-refractivity contribution in [3.63, 3.8) is 0 Å². The Kier molecular flexibility index (Phi) is 7.87. The Morgan fingerprint density at radius 2 is 2.15 bits per heavy atom. The van der Waals surface area contributed by atoms with Crippen molar-refractivity contribution in [1.82, 2.24) is 9.88 Å². The number of carbonyl (C=O) groups is 1. The third-order valence-corrected chi connectivity index (χ3v) is 9.13. The van der Waals surface area contributed by atoms with Crippen molar-refractivity contribution in [2.24, 2.45) is 5.41 Å². The highest BCUT2D eigenvalue weighted by Crippen LogP contribution is 2.58. The van der Waals surface area contributed by atoms with Crippen molar-refractivity contribution in [2.45, 2.75) is 82.5 Å². The minimum Gasteiger partial charge on any atom is -0.480 e. The van der Waals surface area contributed by atoms with E-state index in [9.17, 15) is 14.3 Å². The number of nitrogens with one attached hydrogen (secondary N) is 1. The standard InChI is InChI=1S/C31H40FN3O4/c32-22-7-9-25(27-19-31(11-12-31)13-17-39-27)26(18-22)28(30(36)37)35-15-10-24(20-35)38-16-2-1-5-23-8-6-21-4-3-14-33-29(21)34-23/h6-9,18,24,27-28H,1-5,10-17,19-20H2,(H,33,34)(H,36,37). The quantitative estimate of drug-likeness (QED) is 0.390. The van der Waals surface area contributed by atoms with Gasteiger partial charge >= 0.3 is 5.97 Å². The van der Waals surface area contributed by atoms with Gasteiger partial charge < -0.3 is 19.9 Å². The molecule has 1 aliphatic carbocycles. The van der Waals surface area contributed by atoms with Gasteiger partial charge in [-0.1, -0.05) is 12.1 Å². The molecule has 3 unspecified atom stereocenters. The van der Waals surface area contributed by atoms with Gasteiger partial charge in [-0.15, -0.1) is 0 Å². The second kappa shape index (κ2) is 11.5. The Morgan fingerprint density at radius 3 is 3.00 bits per heavy atom. The number of hydrogen-bond donors (Lipinski definition) is 2. The van der Waals surface area contributed by atoms with Gasteiger partial charge in [0.15, 0.2) is 0 Å². The first-order valence-corrected chi connectivity index (χ1v) is 14.7. The first kappa shape index (κ1) is 26.7. The molecule has 2 N–H and O–H groups in total. The molecule has 1 saturated carbocycles. The van der Waals surface area contributed by atoms with E-state index in [0.29, 0.717) is 37.3 Å². The average molecular weight is 538 g/mol. The number of benzene rings is 1. The van der Waals surface area contributed by atoms with Crippen LogP contribution in [0.4, 0.5) is 10.2 Å². The number of halogens is 1. The van der Waals surface area contributed by atoms with Crippen molar-refractivity contribution in [3.05, 3.63) is 58.5 Å². The molecule has 4 heterocycles. The third kappa shape index (κ3) is 6.13. The van der Waals surface area contributed by atoms with Gasteiger partial charge in [0, 0.05) is 38.5 Å². The Bertz CT molecular complexity index is 1190. The summed E-state index contributed by atoms with van der Waals surface area (Å²) in [7, 11) is 0. The number of likely N-dealkylation sites (tertiary alicyclic amines) is 1. The Morgan fingerprint density at radius 1 is 1.26 bits per heavy atom. The maximum Gasteiger partial charge on any atom is 0.325 e. The lowest BCUT2D eigenvalue weighted by molar-refractivity contribution is -0.143. The van der Waals surface area contributed by atoms with E-state index in [1.165, 1.54) is 30.5 Å². The van der Waals surface area contributed by atoms with Gasteiger partial charge in [0.05, 0.1) is 12.2 Å². The van der Waals surface area contributed by atoms with Crippen LogP contribution in [0.2, 0.25) is 0 Å². The second-order valence-corrected chi connectivity index (χ2v) is 11.9. The van der Waals surface area contributed by atoms with E-state index in [0.717, 1.165) is 75.0 Å². The van der Waals surface area contributed by atoms with Crippen LogP contribution in [0.3, 0.4) is 0 Å². The summed E-state index contributed by atoms with van der Waals surface area (Å²) in [6, 6.07) is 8.00. The maximum atomic E-state index is 14.4. The molecule has 6 rings (SSSR count). The monoisotopic (exact) mass is 537 g/mol. The van der Waals surface area contributed by atoms with E-state index in [-0.39, 0.29) is 12.2 Å². The molecule has 1 aromatic heterocycles. The number of pyridine rings is 1. The first-order chi connectivity index (χ1) is 19.0. The molecule has 1 aromatic carbocycles. The smallest absolute Gasteiger partial charge is 0.325 e. The molecule has 0 radical (unpaired) electrons. The second-order valence-electron chi connectivity index (χ2n) is 11.9. The number of anilines is 1. The molecule has 0 amide bonds. The SMILES string of the molecule is O=C(O)C(c1cc(F)ccc1C1CC2(CCO1)CC2)N1CCC(OCCCCc2ccc3c(n2)NCCC3)C1. The number of ether oxygens (including phenoxy) is 2. The number of fused-ring (bicyclic) bond motifs is 1. The van der Waals surface area contributed by atoms with Gasteiger partial charge in [-0.05, 0) is 105 Å². The lowest BCUT2D eigenvalue weighted by atomic mass is 9.86. The average Bonchev–Trinajstić information content (AvgIpc) is 3.51. The van der Waals surface area contributed by atoms with Gasteiger partial charge in [0.1, 0.15) is 17.7 Å². The summed E-state index contributed by atoms with van der Waals surface area (Å²) in [6.07, 6.45) is 10.1. The predicted octanol–water partition coefficient (Wildman–Crippen LogP) is 5.45. The summed E-state index contributed by atoms with van der Waals surface area (Å²) in [5, 5.41) is 13.7. The Labute approximate surface area is 230 Å². The highest BCUT2D eigenvalue weighted by Gasteiger charge is 2.47. The third-order valence-electron chi connectivity index (χ3n) is 9.13. The van der Waals surface area contributed by atoms with Gasteiger partial charge in [-0.2, -0.15) is 0 Å². The number of rotatable bonds is 10. The molecule has 3 fully saturated rings. The normalized spacial score (nSPS) is 24.7. The molecule has 4 aliphatic rings. The van der Waals surface area contributed by atoms with Crippen LogP contribution < -0.4 is 5.32 Å². The van der Waals surface area contributed by atoms with Crippen molar-refractivity contribution >= 4 is 11.8 Å².